The van der Waals surface area contributed by atoms with Gasteiger partial charge in [-0.25, -0.2) is 4.79 Å². The maximum atomic E-state index is 13.8. The number of benzene rings is 5. The number of ether oxygens (including phenoxy) is 2. The molecule has 7 rings (SSSR count). The van der Waals surface area contributed by atoms with E-state index in [0.717, 1.165) is 19.6 Å². The number of aliphatic carboxylic acids is 1. The Bertz CT molecular complexity index is 1740. The van der Waals surface area contributed by atoms with Crippen molar-refractivity contribution >= 4 is 58.4 Å². The molecule has 0 fully saturated rings. The molecule has 9 heteroatoms. The van der Waals surface area contributed by atoms with Gasteiger partial charge in [0.1, 0.15) is 23.0 Å². The molecule has 5 aromatic rings. The number of fused-ring (bicyclic) bond motifs is 4. The lowest BCUT2D eigenvalue weighted by atomic mass is 9.81. The number of carboxylic acid groups (broad SMARTS) is 1. The predicted molar refractivity (Wildman–Crippen MR) is 163 cm³/mol. The number of rotatable bonds is 5. The first-order chi connectivity index (χ1) is 19.9. The van der Waals surface area contributed by atoms with Crippen LogP contribution in [0.2, 0.25) is 10.0 Å². The molecule has 0 unspecified atom stereocenters. The molecule has 0 bridgehead atoms. The summed E-state index contributed by atoms with van der Waals surface area (Å²) in [6, 6.07) is 31.3. The highest BCUT2D eigenvalue weighted by atomic mass is 35.5. The molecule has 2 heterocycles. The summed E-state index contributed by atoms with van der Waals surface area (Å²) in [5.74, 6) is 1.04. The van der Waals surface area contributed by atoms with Crippen molar-refractivity contribution in [2.75, 3.05) is 5.32 Å². The van der Waals surface area contributed by atoms with E-state index in [9.17, 15) is 9.90 Å². The van der Waals surface area contributed by atoms with Crippen LogP contribution in [-0.2, 0) is 10.3 Å². The number of hydrogen-bond donors (Lipinski definition) is 2. The highest BCUT2D eigenvalue weighted by Gasteiger charge is 2.49. The van der Waals surface area contributed by atoms with Crippen molar-refractivity contribution in [3.05, 3.63) is 124 Å². The lowest BCUT2D eigenvalue weighted by Gasteiger charge is -2.37. The quantitative estimate of drug-likeness (QED) is 0.200. The molecule has 2 aliphatic heterocycles. The summed E-state index contributed by atoms with van der Waals surface area (Å²) >= 11 is 15.8. The van der Waals surface area contributed by atoms with Gasteiger partial charge in [0.15, 0.2) is 5.54 Å². The normalized spacial score (nSPS) is 13.0. The molecule has 0 aromatic heterocycles. The molecule has 2 N–H and O–H groups in total. The Morgan fingerprint density at radius 1 is 0.659 bits per heavy atom. The smallest absolute Gasteiger partial charge is 0.339 e. The minimum absolute atomic E-state index is 0.367. The monoisotopic (exact) mass is 615 g/mol. The number of hydrogen-bond acceptors (Lipinski definition) is 6. The Morgan fingerprint density at radius 3 is 1.61 bits per heavy atom. The fourth-order valence-electron chi connectivity index (χ4n) is 5.09. The number of halogens is 2. The molecule has 0 amide bonds. The first-order valence-electron chi connectivity index (χ1n) is 12.6. The van der Waals surface area contributed by atoms with E-state index in [0.29, 0.717) is 49.9 Å². The maximum Gasteiger partial charge on any atom is 0.339 e. The van der Waals surface area contributed by atoms with Crippen molar-refractivity contribution in [2.24, 2.45) is 0 Å². The van der Waals surface area contributed by atoms with Crippen molar-refractivity contribution in [3.8, 4) is 23.0 Å². The van der Waals surface area contributed by atoms with Crippen molar-refractivity contribution in [1.29, 1.82) is 0 Å². The Hall–Kier alpha value is -3.75. The highest BCUT2D eigenvalue weighted by molar-refractivity contribution is 7.99. The zero-order chi connectivity index (χ0) is 28.1. The van der Waals surface area contributed by atoms with Crippen LogP contribution in [-0.4, -0.2) is 11.1 Å². The van der Waals surface area contributed by atoms with Gasteiger partial charge in [-0.3, -0.25) is 0 Å². The van der Waals surface area contributed by atoms with E-state index in [2.05, 4.69) is 5.32 Å². The van der Waals surface area contributed by atoms with Gasteiger partial charge < -0.3 is 19.9 Å². The molecule has 0 atom stereocenters. The van der Waals surface area contributed by atoms with Crippen molar-refractivity contribution in [3.63, 3.8) is 0 Å². The molecule has 0 radical (unpaired) electrons. The summed E-state index contributed by atoms with van der Waals surface area (Å²) in [7, 11) is 0. The number of carbonyl (C=O) groups is 1. The molecule has 2 aliphatic rings. The second-order valence-electron chi connectivity index (χ2n) is 9.41. The van der Waals surface area contributed by atoms with Gasteiger partial charge in [-0.15, -0.1) is 0 Å². The van der Waals surface area contributed by atoms with E-state index >= 15 is 0 Å². The Balaban J connectivity index is 1.49. The standard InChI is InChI=1S/C32H19Cl2NO4S2/c33-18-15-19(34)17-20(16-18)35-32(31(36)37,21-7-5-13-27-29(21)38-23-9-1-3-11-25(23)40-27)22-8-6-14-28-30(22)39-24-10-2-4-12-26(24)41-28/h1-17,35H,(H,36,37). The van der Waals surface area contributed by atoms with Gasteiger partial charge in [-0.1, -0.05) is 95.3 Å². The summed E-state index contributed by atoms with van der Waals surface area (Å²) < 4.78 is 12.9. The summed E-state index contributed by atoms with van der Waals surface area (Å²) in [5.41, 5.74) is -0.638. The Labute approximate surface area is 254 Å². The molecular formula is C32H19Cl2NO4S2. The van der Waals surface area contributed by atoms with Crippen LogP contribution in [0.15, 0.2) is 123 Å². The van der Waals surface area contributed by atoms with Crippen LogP contribution in [0.25, 0.3) is 0 Å². The molecule has 0 saturated heterocycles. The Kier molecular flexibility index (Phi) is 6.55. The summed E-state index contributed by atoms with van der Waals surface area (Å²) in [4.78, 5) is 17.3. The van der Waals surface area contributed by atoms with E-state index in [1.54, 1.807) is 30.3 Å². The molecule has 0 spiro atoms. The minimum Gasteiger partial charge on any atom is -0.479 e. The van der Waals surface area contributed by atoms with E-state index in [4.69, 9.17) is 32.7 Å². The third-order valence-corrected chi connectivity index (χ3v) is 9.48. The molecule has 202 valence electrons. The number of anilines is 1. The average Bonchev–Trinajstić information content (AvgIpc) is 2.96. The fraction of sp³-hybridized carbons (Fsp3) is 0.0312. The van der Waals surface area contributed by atoms with Crippen LogP contribution in [0.5, 0.6) is 23.0 Å². The summed E-state index contributed by atoms with van der Waals surface area (Å²) in [5, 5.41) is 15.3. The van der Waals surface area contributed by atoms with Gasteiger partial charge in [0.05, 0.1) is 19.6 Å². The number of carboxylic acids is 1. The van der Waals surface area contributed by atoms with E-state index in [1.165, 1.54) is 23.5 Å². The lowest BCUT2D eigenvalue weighted by molar-refractivity contribution is -0.141. The van der Waals surface area contributed by atoms with Crippen LogP contribution in [0.3, 0.4) is 0 Å². The third kappa shape index (κ3) is 4.50. The largest absolute Gasteiger partial charge is 0.479 e. The van der Waals surface area contributed by atoms with Crippen molar-refractivity contribution in [1.82, 2.24) is 0 Å². The second kappa shape index (κ2) is 10.3. The highest BCUT2D eigenvalue weighted by Crippen LogP contribution is 2.56. The van der Waals surface area contributed by atoms with E-state index in [1.807, 2.05) is 72.8 Å². The summed E-state index contributed by atoms with van der Waals surface area (Å²) in [6.07, 6.45) is 0. The lowest BCUT2D eigenvalue weighted by Crippen LogP contribution is -2.45. The van der Waals surface area contributed by atoms with Crippen LogP contribution < -0.4 is 14.8 Å². The maximum absolute atomic E-state index is 13.8. The molecular weight excluding hydrogens is 597 g/mol. The van der Waals surface area contributed by atoms with E-state index < -0.39 is 11.5 Å². The van der Waals surface area contributed by atoms with E-state index in [-0.39, 0.29) is 0 Å². The molecule has 5 nitrogen and oxygen atoms in total. The van der Waals surface area contributed by atoms with Crippen LogP contribution in [0.1, 0.15) is 11.1 Å². The second-order valence-corrected chi connectivity index (χ2v) is 12.4. The molecule has 5 aromatic carbocycles. The Morgan fingerprint density at radius 2 is 1.12 bits per heavy atom. The van der Waals surface area contributed by atoms with Gasteiger partial charge in [0.2, 0.25) is 0 Å². The van der Waals surface area contributed by atoms with Gasteiger partial charge in [0.25, 0.3) is 0 Å². The van der Waals surface area contributed by atoms with Crippen molar-refractivity contribution < 1.29 is 19.4 Å². The SMILES string of the molecule is O=C(O)C(Nc1cc(Cl)cc(Cl)c1)(c1cccc2c1Oc1ccccc1S2)c1cccc2c1Oc1ccccc1S2. The van der Waals surface area contributed by atoms with Crippen LogP contribution in [0.4, 0.5) is 5.69 Å². The average molecular weight is 617 g/mol. The van der Waals surface area contributed by atoms with Gasteiger partial charge in [-0.2, -0.15) is 0 Å². The molecule has 41 heavy (non-hydrogen) atoms. The van der Waals surface area contributed by atoms with Gasteiger partial charge in [0, 0.05) is 26.9 Å². The predicted octanol–water partition coefficient (Wildman–Crippen LogP) is 9.95. The van der Waals surface area contributed by atoms with Gasteiger partial charge in [-0.05, 0) is 54.6 Å². The van der Waals surface area contributed by atoms with Crippen molar-refractivity contribution in [2.45, 2.75) is 25.1 Å². The number of para-hydroxylation sites is 4. The van der Waals surface area contributed by atoms with Crippen LogP contribution in [0, 0.1) is 0 Å². The topological polar surface area (TPSA) is 67.8 Å². The third-order valence-electron chi connectivity index (χ3n) is 6.84. The molecule has 0 saturated carbocycles. The number of nitrogens with one attached hydrogen (secondary N) is 1. The first kappa shape index (κ1) is 26.2. The van der Waals surface area contributed by atoms with Crippen LogP contribution >= 0.6 is 46.7 Å². The zero-order valence-corrected chi connectivity index (χ0v) is 24.2. The fourth-order valence-corrected chi connectivity index (χ4v) is 7.59. The minimum atomic E-state index is -1.87. The molecule has 0 aliphatic carbocycles. The zero-order valence-electron chi connectivity index (χ0n) is 21.1. The summed E-state index contributed by atoms with van der Waals surface area (Å²) in [6.45, 7) is 0. The first-order valence-corrected chi connectivity index (χ1v) is 15.0. The van der Waals surface area contributed by atoms with Gasteiger partial charge >= 0.3 is 5.97 Å².